The number of rotatable bonds is 6. The van der Waals surface area contributed by atoms with Crippen LogP contribution in [0.2, 0.25) is 0 Å². The first kappa shape index (κ1) is 16.5. The van der Waals surface area contributed by atoms with Crippen molar-refractivity contribution in [2.24, 2.45) is 0 Å². The summed E-state index contributed by atoms with van der Waals surface area (Å²) in [5.41, 5.74) is 1.40. The maximum atomic E-state index is 12.2. The number of benzene rings is 1. The van der Waals surface area contributed by atoms with E-state index in [9.17, 15) is 18.3 Å². The minimum atomic E-state index is -3.75. The second-order valence-corrected chi connectivity index (χ2v) is 6.17. The number of anilines is 1. The Hall–Kier alpha value is -1.60. The van der Waals surface area contributed by atoms with Crippen LogP contribution in [0.3, 0.4) is 0 Å². The van der Waals surface area contributed by atoms with Gasteiger partial charge in [-0.3, -0.25) is 4.72 Å². The van der Waals surface area contributed by atoms with Gasteiger partial charge in [0.2, 0.25) is 0 Å². The Morgan fingerprint density at radius 1 is 1.25 bits per heavy atom. The van der Waals surface area contributed by atoms with E-state index in [1.165, 1.54) is 10.4 Å². The number of nitrogens with zero attached hydrogens (tertiary/aromatic N) is 1. The highest BCUT2D eigenvalue weighted by Gasteiger charge is 2.22. The van der Waals surface area contributed by atoms with Crippen LogP contribution in [-0.2, 0) is 10.2 Å². The molecule has 1 rings (SSSR count). The van der Waals surface area contributed by atoms with Gasteiger partial charge in [-0.25, -0.2) is 4.79 Å². The molecule has 7 heteroatoms. The smallest absolute Gasteiger partial charge is 0.338 e. The fraction of sp³-hybridized carbons (Fsp3) is 0.462. The summed E-state index contributed by atoms with van der Waals surface area (Å²) in [6.45, 7) is 7.52. The van der Waals surface area contributed by atoms with Crippen LogP contribution >= 0.6 is 0 Å². The Labute approximate surface area is 119 Å². The number of hydrogen-bond donors (Lipinski definition) is 2. The number of carbonyl (C=O) groups is 1. The van der Waals surface area contributed by atoms with E-state index < -0.39 is 16.2 Å². The summed E-state index contributed by atoms with van der Waals surface area (Å²) in [7, 11) is -3.75. The summed E-state index contributed by atoms with van der Waals surface area (Å²) >= 11 is 0. The Bertz CT molecular complexity index is 607. The van der Waals surface area contributed by atoms with Crippen molar-refractivity contribution in [2.75, 3.05) is 17.8 Å². The molecule has 0 atom stereocenters. The second-order valence-electron chi connectivity index (χ2n) is 4.50. The van der Waals surface area contributed by atoms with E-state index in [0.29, 0.717) is 18.7 Å². The highest BCUT2D eigenvalue weighted by molar-refractivity contribution is 7.90. The van der Waals surface area contributed by atoms with Crippen molar-refractivity contribution in [3.05, 3.63) is 28.8 Å². The Morgan fingerprint density at radius 3 is 2.25 bits per heavy atom. The Balaban J connectivity index is 3.31. The maximum Gasteiger partial charge on any atom is 0.338 e. The quantitative estimate of drug-likeness (QED) is 0.841. The monoisotopic (exact) mass is 300 g/mol. The van der Waals surface area contributed by atoms with Crippen molar-refractivity contribution in [3.63, 3.8) is 0 Å². The summed E-state index contributed by atoms with van der Waals surface area (Å²) in [6, 6.07) is 3.23. The van der Waals surface area contributed by atoms with Crippen LogP contribution in [0.1, 0.15) is 35.3 Å². The van der Waals surface area contributed by atoms with Gasteiger partial charge in [0.1, 0.15) is 0 Å². The molecule has 0 spiro atoms. The van der Waals surface area contributed by atoms with Crippen molar-refractivity contribution in [1.82, 2.24) is 4.31 Å². The molecule has 0 aromatic heterocycles. The highest BCUT2D eigenvalue weighted by Crippen LogP contribution is 2.23. The van der Waals surface area contributed by atoms with E-state index in [-0.39, 0.29) is 11.3 Å². The molecular formula is C13H20N2O4S. The predicted molar refractivity (Wildman–Crippen MR) is 78.3 cm³/mol. The first-order valence-corrected chi connectivity index (χ1v) is 7.79. The number of aryl methyl sites for hydroxylation is 2. The highest BCUT2D eigenvalue weighted by atomic mass is 32.2. The predicted octanol–water partition coefficient (Wildman–Crippen LogP) is 2.00. The van der Waals surface area contributed by atoms with E-state index >= 15 is 0 Å². The van der Waals surface area contributed by atoms with Gasteiger partial charge in [0.25, 0.3) is 0 Å². The topological polar surface area (TPSA) is 86.7 Å². The number of aromatic carboxylic acids is 1. The first-order valence-electron chi connectivity index (χ1n) is 6.35. The molecular weight excluding hydrogens is 280 g/mol. The fourth-order valence-electron chi connectivity index (χ4n) is 2.10. The number of hydrogen-bond acceptors (Lipinski definition) is 3. The third kappa shape index (κ3) is 3.49. The lowest BCUT2D eigenvalue weighted by molar-refractivity contribution is 0.0697. The molecule has 20 heavy (non-hydrogen) atoms. The summed E-state index contributed by atoms with van der Waals surface area (Å²) in [5, 5.41) is 9.24. The molecule has 0 saturated carbocycles. The molecule has 0 unspecified atom stereocenters. The van der Waals surface area contributed by atoms with Gasteiger partial charge in [0.05, 0.1) is 11.3 Å². The van der Waals surface area contributed by atoms with E-state index in [4.69, 9.17) is 0 Å². The summed E-state index contributed by atoms with van der Waals surface area (Å²) in [6.07, 6.45) is 0. The summed E-state index contributed by atoms with van der Waals surface area (Å²) in [4.78, 5) is 11.3. The van der Waals surface area contributed by atoms with Crippen molar-refractivity contribution in [2.45, 2.75) is 27.7 Å². The molecule has 0 saturated heterocycles. The van der Waals surface area contributed by atoms with E-state index in [1.807, 2.05) is 0 Å². The van der Waals surface area contributed by atoms with Gasteiger partial charge in [-0.05, 0) is 31.0 Å². The molecule has 6 nitrogen and oxygen atoms in total. The summed E-state index contributed by atoms with van der Waals surface area (Å²) < 4.78 is 28.0. The zero-order valence-electron chi connectivity index (χ0n) is 12.1. The normalized spacial score (nSPS) is 11.7. The lowest BCUT2D eigenvalue weighted by Gasteiger charge is -2.21. The average molecular weight is 300 g/mol. The van der Waals surface area contributed by atoms with Crippen molar-refractivity contribution < 1.29 is 18.3 Å². The van der Waals surface area contributed by atoms with E-state index in [0.717, 1.165) is 5.56 Å². The molecule has 1 aromatic rings. The van der Waals surface area contributed by atoms with E-state index in [1.54, 1.807) is 33.8 Å². The van der Waals surface area contributed by atoms with Crippen LogP contribution in [0.25, 0.3) is 0 Å². The molecule has 0 fully saturated rings. The van der Waals surface area contributed by atoms with Crippen LogP contribution < -0.4 is 4.72 Å². The Morgan fingerprint density at radius 2 is 1.80 bits per heavy atom. The lowest BCUT2D eigenvalue weighted by atomic mass is 10.0. The molecule has 2 N–H and O–H groups in total. The van der Waals surface area contributed by atoms with Gasteiger partial charge < -0.3 is 5.11 Å². The van der Waals surface area contributed by atoms with Gasteiger partial charge >= 0.3 is 16.2 Å². The van der Waals surface area contributed by atoms with Crippen LogP contribution in [0.5, 0.6) is 0 Å². The minimum absolute atomic E-state index is 0.0219. The number of nitrogens with one attached hydrogen (secondary N) is 1. The fourth-order valence-corrected chi connectivity index (χ4v) is 3.35. The average Bonchev–Trinajstić information content (AvgIpc) is 2.27. The van der Waals surface area contributed by atoms with Crippen LogP contribution in [0, 0.1) is 13.8 Å². The van der Waals surface area contributed by atoms with Crippen LogP contribution in [0.15, 0.2) is 12.1 Å². The number of carboxylic acid groups (broad SMARTS) is 1. The third-order valence-electron chi connectivity index (χ3n) is 2.98. The minimum Gasteiger partial charge on any atom is -0.478 e. The lowest BCUT2D eigenvalue weighted by Crippen LogP contribution is -2.36. The van der Waals surface area contributed by atoms with Crippen LogP contribution in [-0.4, -0.2) is 36.9 Å². The zero-order chi connectivity index (χ0) is 15.5. The van der Waals surface area contributed by atoms with Gasteiger partial charge in [-0.2, -0.15) is 12.7 Å². The SMILES string of the molecule is CCN(CC)S(=O)(=O)Nc1cc(C)cc(C)c1C(=O)O. The van der Waals surface area contributed by atoms with Crippen molar-refractivity contribution in [3.8, 4) is 0 Å². The number of carboxylic acids is 1. The zero-order valence-corrected chi connectivity index (χ0v) is 12.9. The van der Waals surface area contributed by atoms with Crippen molar-refractivity contribution in [1.29, 1.82) is 0 Å². The van der Waals surface area contributed by atoms with Gasteiger partial charge in [0, 0.05) is 13.1 Å². The molecule has 0 aliphatic rings. The van der Waals surface area contributed by atoms with Gasteiger partial charge in [0.15, 0.2) is 0 Å². The summed E-state index contributed by atoms with van der Waals surface area (Å²) in [5.74, 6) is -1.15. The Kier molecular flexibility index (Phi) is 5.13. The molecule has 0 aliphatic carbocycles. The third-order valence-corrected chi connectivity index (χ3v) is 4.65. The van der Waals surface area contributed by atoms with Gasteiger partial charge in [-0.1, -0.05) is 19.9 Å². The molecule has 0 radical (unpaired) electrons. The molecule has 0 bridgehead atoms. The molecule has 0 aliphatic heterocycles. The maximum absolute atomic E-state index is 12.2. The van der Waals surface area contributed by atoms with Crippen molar-refractivity contribution >= 4 is 21.9 Å². The second kappa shape index (κ2) is 6.23. The van der Waals surface area contributed by atoms with Gasteiger partial charge in [-0.15, -0.1) is 0 Å². The molecule has 112 valence electrons. The molecule has 1 aromatic carbocycles. The van der Waals surface area contributed by atoms with Crippen LogP contribution in [0.4, 0.5) is 5.69 Å². The molecule has 0 amide bonds. The molecule has 0 heterocycles. The first-order chi connectivity index (χ1) is 9.22. The standard InChI is InChI=1S/C13H20N2O4S/c1-5-15(6-2)20(18,19)14-11-8-9(3)7-10(4)12(11)13(16)17/h7-8,14H,5-6H2,1-4H3,(H,16,17). The van der Waals surface area contributed by atoms with E-state index in [2.05, 4.69) is 4.72 Å². The largest absolute Gasteiger partial charge is 0.478 e.